The summed E-state index contributed by atoms with van der Waals surface area (Å²) in [7, 11) is 0. The Labute approximate surface area is 171 Å². The van der Waals surface area contributed by atoms with Crippen molar-refractivity contribution in [3.05, 3.63) is 54.1 Å². The van der Waals surface area contributed by atoms with Crippen LogP contribution in [0.15, 0.2) is 48.5 Å². The molecule has 1 fully saturated rings. The first-order valence-electron chi connectivity index (χ1n) is 9.42. The van der Waals surface area contributed by atoms with Crippen molar-refractivity contribution in [1.29, 1.82) is 0 Å². The molecule has 0 bridgehead atoms. The van der Waals surface area contributed by atoms with E-state index in [0.717, 1.165) is 25.0 Å². The standard InChI is InChI=1S/C21H21F3N2O4/c22-21(23,24)15-3-1-5-17(11-15)29-10-9-25-19(27)13-30-18-6-2-4-16(12-18)26-20(28)14-7-8-14/h1-6,11-12,14H,7-10,13H2,(H,25,27)(H,26,28). The van der Waals surface area contributed by atoms with Crippen molar-refractivity contribution in [1.82, 2.24) is 5.32 Å². The van der Waals surface area contributed by atoms with Gasteiger partial charge in [-0.2, -0.15) is 13.2 Å². The van der Waals surface area contributed by atoms with Crippen LogP contribution in [-0.2, 0) is 15.8 Å². The summed E-state index contributed by atoms with van der Waals surface area (Å²) in [5.74, 6) is 0.151. The first-order valence-corrected chi connectivity index (χ1v) is 9.42. The van der Waals surface area contributed by atoms with Crippen LogP contribution in [0.2, 0.25) is 0 Å². The van der Waals surface area contributed by atoms with Gasteiger partial charge in [0.2, 0.25) is 5.91 Å². The number of carbonyl (C=O) groups excluding carboxylic acids is 2. The summed E-state index contributed by atoms with van der Waals surface area (Å²) in [5, 5.41) is 5.35. The first kappa shape index (κ1) is 21.5. The minimum absolute atomic E-state index is 0.00966. The van der Waals surface area contributed by atoms with Crippen molar-refractivity contribution in [2.45, 2.75) is 19.0 Å². The lowest BCUT2D eigenvalue weighted by Crippen LogP contribution is -2.32. The molecular formula is C21H21F3N2O4. The molecule has 0 radical (unpaired) electrons. The lowest BCUT2D eigenvalue weighted by molar-refractivity contribution is -0.137. The topological polar surface area (TPSA) is 76.7 Å². The Kier molecular flexibility index (Phi) is 6.81. The highest BCUT2D eigenvalue weighted by Crippen LogP contribution is 2.31. The van der Waals surface area contributed by atoms with Crippen LogP contribution in [0.4, 0.5) is 18.9 Å². The number of anilines is 1. The highest BCUT2D eigenvalue weighted by atomic mass is 19.4. The molecule has 3 rings (SSSR count). The molecule has 1 aliphatic carbocycles. The van der Waals surface area contributed by atoms with E-state index in [1.54, 1.807) is 24.3 Å². The van der Waals surface area contributed by atoms with Crippen LogP contribution >= 0.6 is 0 Å². The molecular weight excluding hydrogens is 401 g/mol. The molecule has 2 amide bonds. The van der Waals surface area contributed by atoms with Gasteiger partial charge in [0.25, 0.3) is 5.91 Å². The average molecular weight is 422 g/mol. The van der Waals surface area contributed by atoms with Crippen LogP contribution in [0.1, 0.15) is 18.4 Å². The number of hydrogen-bond donors (Lipinski definition) is 2. The van der Waals surface area contributed by atoms with Gasteiger partial charge in [-0.15, -0.1) is 0 Å². The van der Waals surface area contributed by atoms with Gasteiger partial charge in [-0.1, -0.05) is 12.1 Å². The summed E-state index contributed by atoms with van der Waals surface area (Å²) in [5.41, 5.74) is -0.202. The molecule has 0 aliphatic heterocycles. The van der Waals surface area contributed by atoms with E-state index in [2.05, 4.69) is 10.6 Å². The van der Waals surface area contributed by atoms with Gasteiger partial charge in [-0.25, -0.2) is 0 Å². The predicted octanol–water partition coefficient (Wildman–Crippen LogP) is 3.63. The Morgan fingerprint density at radius 1 is 1.00 bits per heavy atom. The third-order valence-electron chi connectivity index (χ3n) is 4.27. The molecule has 160 valence electrons. The quantitative estimate of drug-likeness (QED) is 0.605. The van der Waals surface area contributed by atoms with Crippen LogP contribution in [0, 0.1) is 5.92 Å². The SMILES string of the molecule is O=C(COc1cccc(NC(=O)C2CC2)c1)NCCOc1cccc(C(F)(F)F)c1. The maximum Gasteiger partial charge on any atom is 0.416 e. The number of alkyl halides is 3. The summed E-state index contributed by atoms with van der Waals surface area (Å²) >= 11 is 0. The van der Waals surface area contributed by atoms with Crippen LogP contribution in [0.25, 0.3) is 0 Å². The lowest BCUT2D eigenvalue weighted by atomic mass is 10.2. The second kappa shape index (κ2) is 9.51. The van der Waals surface area contributed by atoms with E-state index in [1.165, 1.54) is 12.1 Å². The van der Waals surface area contributed by atoms with Crippen LogP contribution in [0.5, 0.6) is 11.5 Å². The summed E-state index contributed by atoms with van der Waals surface area (Å²) < 4.78 is 48.6. The lowest BCUT2D eigenvalue weighted by Gasteiger charge is -2.11. The normalized spacial score (nSPS) is 13.4. The third-order valence-corrected chi connectivity index (χ3v) is 4.27. The fourth-order valence-electron chi connectivity index (χ4n) is 2.57. The number of halogens is 3. The number of benzene rings is 2. The summed E-state index contributed by atoms with van der Waals surface area (Å²) in [6, 6.07) is 11.3. The minimum atomic E-state index is -4.44. The molecule has 6 nitrogen and oxygen atoms in total. The van der Waals surface area contributed by atoms with Gasteiger partial charge < -0.3 is 20.1 Å². The highest BCUT2D eigenvalue weighted by molar-refractivity contribution is 5.94. The number of carbonyl (C=O) groups is 2. The Morgan fingerprint density at radius 3 is 2.40 bits per heavy atom. The number of rotatable bonds is 9. The summed E-state index contributed by atoms with van der Waals surface area (Å²) in [4.78, 5) is 23.6. The smallest absolute Gasteiger partial charge is 0.416 e. The maximum atomic E-state index is 12.7. The van der Waals surface area contributed by atoms with Crippen molar-refractivity contribution in [3.8, 4) is 11.5 Å². The van der Waals surface area contributed by atoms with Crippen molar-refractivity contribution >= 4 is 17.5 Å². The fraction of sp³-hybridized carbons (Fsp3) is 0.333. The summed E-state index contributed by atoms with van der Waals surface area (Å²) in [6.07, 6.45) is -2.64. The maximum absolute atomic E-state index is 12.7. The Morgan fingerprint density at radius 2 is 1.70 bits per heavy atom. The van der Waals surface area contributed by atoms with E-state index in [1.807, 2.05) is 0 Å². The predicted molar refractivity (Wildman–Crippen MR) is 103 cm³/mol. The molecule has 0 saturated heterocycles. The molecule has 0 unspecified atom stereocenters. The zero-order chi connectivity index (χ0) is 21.6. The molecule has 0 atom stereocenters. The van der Waals surface area contributed by atoms with Gasteiger partial charge in [-0.3, -0.25) is 9.59 Å². The van der Waals surface area contributed by atoms with E-state index < -0.39 is 17.6 Å². The molecule has 1 aliphatic rings. The molecule has 0 aromatic heterocycles. The molecule has 2 aromatic carbocycles. The van der Waals surface area contributed by atoms with Crippen molar-refractivity contribution in [2.75, 3.05) is 25.1 Å². The van der Waals surface area contributed by atoms with Crippen LogP contribution < -0.4 is 20.1 Å². The largest absolute Gasteiger partial charge is 0.492 e. The Hall–Kier alpha value is -3.23. The molecule has 1 saturated carbocycles. The molecule has 0 spiro atoms. The molecule has 2 aromatic rings. The molecule has 9 heteroatoms. The van der Waals surface area contributed by atoms with Gasteiger partial charge in [0, 0.05) is 17.7 Å². The van der Waals surface area contributed by atoms with Gasteiger partial charge in [0.1, 0.15) is 18.1 Å². The second-order valence-electron chi connectivity index (χ2n) is 6.80. The minimum Gasteiger partial charge on any atom is -0.492 e. The van der Waals surface area contributed by atoms with Crippen LogP contribution in [0.3, 0.4) is 0 Å². The Bertz CT molecular complexity index is 898. The monoisotopic (exact) mass is 422 g/mol. The molecule has 2 N–H and O–H groups in total. The van der Waals surface area contributed by atoms with Crippen molar-refractivity contribution in [2.24, 2.45) is 5.92 Å². The van der Waals surface area contributed by atoms with Gasteiger partial charge in [0.05, 0.1) is 12.1 Å². The number of hydrogen-bond acceptors (Lipinski definition) is 4. The van der Waals surface area contributed by atoms with Crippen LogP contribution in [-0.4, -0.2) is 31.6 Å². The fourth-order valence-corrected chi connectivity index (χ4v) is 2.57. The van der Waals surface area contributed by atoms with Gasteiger partial charge >= 0.3 is 6.18 Å². The van der Waals surface area contributed by atoms with E-state index in [9.17, 15) is 22.8 Å². The average Bonchev–Trinajstić information content (AvgIpc) is 3.55. The van der Waals surface area contributed by atoms with E-state index in [-0.39, 0.29) is 37.3 Å². The Balaban J connectivity index is 1.37. The molecule has 0 heterocycles. The first-order chi connectivity index (χ1) is 14.3. The number of amides is 2. The van der Waals surface area contributed by atoms with Crippen molar-refractivity contribution < 1.29 is 32.2 Å². The van der Waals surface area contributed by atoms with E-state index >= 15 is 0 Å². The zero-order valence-corrected chi connectivity index (χ0v) is 16.0. The molecule has 30 heavy (non-hydrogen) atoms. The highest BCUT2D eigenvalue weighted by Gasteiger charge is 2.30. The number of nitrogens with one attached hydrogen (secondary N) is 2. The summed E-state index contributed by atoms with van der Waals surface area (Å²) in [6.45, 7) is -0.130. The van der Waals surface area contributed by atoms with Gasteiger partial charge in [0.15, 0.2) is 6.61 Å². The van der Waals surface area contributed by atoms with E-state index in [4.69, 9.17) is 9.47 Å². The van der Waals surface area contributed by atoms with E-state index in [0.29, 0.717) is 11.4 Å². The second-order valence-corrected chi connectivity index (χ2v) is 6.80. The third kappa shape index (κ3) is 6.68. The zero-order valence-electron chi connectivity index (χ0n) is 16.0. The van der Waals surface area contributed by atoms with Gasteiger partial charge in [-0.05, 0) is 43.2 Å². The number of ether oxygens (including phenoxy) is 2. The van der Waals surface area contributed by atoms with Crippen molar-refractivity contribution in [3.63, 3.8) is 0 Å².